The highest BCUT2D eigenvalue weighted by Gasteiger charge is 2.30. The van der Waals surface area contributed by atoms with Crippen LogP contribution in [0.3, 0.4) is 0 Å². The van der Waals surface area contributed by atoms with Gasteiger partial charge in [-0.1, -0.05) is 46.0 Å². The van der Waals surface area contributed by atoms with Gasteiger partial charge in [-0.2, -0.15) is 0 Å². The first kappa shape index (κ1) is 19.0. The van der Waals surface area contributed by atoms with Crippen molar-refractivity contribution in [1.29, 1.82) is 0 Å². The monoisotopic (exact) mass is 276 g/mol. The molecule has 112 valence electrons. The van der Waals surface area contributed by atoms with Gasteiger partial charge in [-0.25, -0.2) is 0 Å². The van der Waals surface area contributed by atoms with E-state index >= 15 is 0 Å². The molecule has 20 heavy (non-hydrogen) atoms. The summed E-state index contributed by atoms with van der Waals surface area (Å²) in [5, 5.41) is 3.28. The lowest BCUT2D eigenvalue weighted by Gasteiger charge is -2.34. The van der Waals surface area contributed by atoms with Crippen LogP contribution in [0.2, 0.25) is 6.32 Å². The number of aromatic nitrogens is 1. The van der Waals surface area contributed by atoms with Crippen molar-refractivity contribution >= 4 is 7.85 Å². The molecule has 3 nitrogen and oxygen atoms in total. The number of H-pyrrole nitrogens is 1. The molecule has 0 aliphatic carbocycles. The normalized spacial score (nSPS) is 13.2. The van der Waals surface area contributed by atoms with Gasteiger partial charge < -0.3 is 10.3 Å². The Bertz CT molecular complexity index is 377. The van der Waals surface area contributed by atoms with E-state index in [0.29, 0.717) is 6.32 Å². The number of pyridine rings is 1. The van der Waals surface area contributed by atoms with E-state index in [4.69, 9.17) is 7.85 Å². The second-order valence-electron chi connectivity index (χ2n) is 4.89. The minimum absolute atomic E-state index is 0.0487. The van der Waals surface area contributed by atoms with Crippen LogP contribution >= 0.6 is 0 Å². The number of rotatable bonds is 8. The van der Waals surface area contributed by atoms with Crippen LogP contribution in [-0.2, 0) is 5.41 Å². The van der Waals surface area contributed by atoms with Gasteiger partial charge in [-0.05, 0) is 25.5 Å². The third-order valence-corrected chi connectivity index (χ3v) is 3.50. The molecular formula is C16H29BN2O. The zero-order valence-corrected chi connectivity index (χ0v) is 13.5. The van der Waals surface area contributed by atoms with E-state index in [-0.39, 0.29) is 11.0 Å². The Hall–Kier alpha value is -1.03. The van der Waals surface area contributed by atoms with Crippen LogP contribution in [-0.4, -0.2) is 26.4 Å². The van der Waals surface area contributed by atoms with Crippen LogP contribution in [0.4, 0.5) is 0 Å². The molecule has 4 heteroatoms. The van der Waals surface area contributed by atoms with Crippen LogP contribution in [0, 0.1) is 0 Å². The zero-order chi connectivity index (χ0) is 15.4. The molecule has 1 heterocycles. The van der Waals surface area contributed by atoms with Gasteiger partial charge in [0.25, 0.3) is 0 Å². The molecule has 1 aromatic heterocycles. The number of hydrogen-bond donors (Lipinski definition) is 2. The Morgan fingerprint density at radius 2 is 2.00 bits per heavy atom. The van der Waals surface area contributed by atoms with Crippen LogP contribution < -0.4 is 10.9 Å². The van der Waals surface area contributed by atoms with Crippen molar-refractivity contribution in [2.75, 3.05) is 13.6 Å². The third-order valence-electron chi connectivity index (χ3n) is 3.50. The highest BCUT2D eigenvalue weighted by molar-refractivity contribution is 6.08. The van der Waals surface area contributed by atoms with Crippen molar-refractivity contribution in [2.24, 2.45) is 0 Å². The average Bonchev–Trinajstić information content (AvgIpc) is 2.48. The van der Waals surface area contributed by atoms with Gasteiger partial charge >= 0.3 is 0 Å². The molecule has 0 aromatic carbocycles. The first-order valence-electron chi connectivity index (χ1n) is 7.72. The molecule has 0 saturated carbocycles. The second-order valence-corrected chi connectivity index (χ2v) is 4.89. The molecule has 1 aromatic rings. The lowest BCUT2D eigenvalue weighted by molar-refractivity contribution is 0.343. The Morgan fingerprint density at radius 3 is 2.45 bits per heavy atom. The summed E-state index contributed by atoms with van der Waals surface area (Å²) in [6.45, 7) is 7.10. The number of nitrogens with one attached hydrogen (secondary N) is 2. The molecule has 1 unspecified atom stereocenters. The van der Waals surface area contributed by atoms with Crippen molar-refractivity contribution in [1.82, 2.24) is 10.3 Å². The topological polar surface area (TPSA) is 44.9 Å². The lowest BCUT2D eigenvalue weighted by Crippen LogP contribution is -2.37. The number of likely N-dealkylation sites (N-methyl/N-ethyl adjacent to an activating group) is 1. The van der Waals surface area contributed by atoms with Crippen molar-refractivity contribution in [2.45, 2.75) is 58.2 Å². The van der Waals surface area contributed by atoms with E-state index in [1.807, 2.05) is 33.2 Å². The molecule has 2 radical (unpaired) electrons. The van der Waals surface area contributed by atoms with Crippen molar-refractivity contribution in [3.05, 3.63) is 34.2 Å². The fourth-order valence-corrected chi connectivity index (χ4v) is 2.69. The van der Waals surface area contributed by atoms with Crippen molar-refractivity contribution in [3.63, 3.8) is 0 Å². The van der Waals surface area contributed by atoms with E-state index in [1.54, 1.807) is 6.07 Å². The maximum Gasteiger partial charge on any atom is 0.247 e. The summed E-state index contributed by atoms with van der Waals surface area (Å²) in [6, 6.07) is 3.56. The van der Waals surface area contributed by atoms with Gasteiger partial charge in [0, 0.05) is 24.2 Å². The van der Waals surface area contributed by atoms with Crippen LogP contribution in [0.25, 0.3) is 0 Å². The van der Waals surface area contributed by atoms with Gasteiger partial charge in [0.2, 0.25) is 5.56 Å². The van der Waals surface area contributed by atoms with Gasteiger partial charge in [-0.15, -0.1) is 0 Å². The first-order chi connectivity index (χ1) is 9.68. The summed E-state index contributed by atoms with van der Waals surface area (Å²) in [5.41, 5.74) is 1.23. The van der Waals surface area contributed by atoms with Crippen molar-refractivity contribution < 1.29 is 0 Å². The summed E-state index contributed by atoms with van der Waals surface area (Å²) >= 11 is 0. The SMILES string of the molecule is CC.[B]CCCC(CCC)(CNC)c1ccc(=O)[nH]c1. The molecule has 0 bridgehead atoms. The molecule has 0 spiro atoms. The summed E-state index contributed by atoms with van der Waals surface area (Å²) in [7, 11) is 7.62. The zero-order valence-electron chi connectivity index (χ0n) is 13.5. The van der Waals surface area contributed by atoms with Crippen LogP contribution in [0.15, 0.2) is 23.1 Å². The fourth-order valence-electron chi connectivity index (χ4n) is 2.69. The van der Waals surface area contributed by atoms with Crippen LogP contribution in [0.5, 0.6) is 0 Å². The largest absolute Gasteiger partial charge is 0.329 e. The minimum atomic E-state index is -0.0487. The van der Waals surface area contributed by atoms with E-state index < -0.39 is 0 Å². The quantitative estimate of drug-likeness (QED) is 0.717. The summed E-state index contributed by atoms with van der Waals surface area (Å²) < 4.78 is 0. The average molecular weight is 276 g/mol. The molecule has 0 aliphatic rings. The van der Waals surface area contributed by atoms with E-state index in [2.05, 4.69) is 17.2 Å². The van der Waals surface area contributed by atoms with Gasteiger partial charge in [0.15, 0.2) is 0 Å². The summed E-state index contributed by atoms with van der Waals surface area (Å²) in [5.74, 6) is 0. The maximum atomic E-state index is 11.2. The first-order valence-corrected chi connectivity index (χ1v) is 7.72. The number of hydrogen-bond acceptors (Lipinski definition) is 2. The Kier molecular flexibility index (Phi) is 10.2. The standard InChI is InChI=1S/C14H23BN2O.C2H6/c1-3-7-14(11-16-2,8-4-9-15)12-5-6-13(18)17-10-12;1-2/h5-6,10,16H,3-4,7-9,11H2,1-2H3,(H,17,18);1-2H3. The molecule has 2 N–H and O–H groups in total. The molecular weight excluding hydrogens is 247 g/mol. The predicted molar refractivity (Wildman–Crippen MR) is 88.7 cm³/mol. The predicted octanol–water partition coefficient (Wildman–Crippen LogP) is 3.03. The van der Waals surface area contributed by atoms with Gasteiger partial charge in [0.1, 0.15) is 0 Å². The van der Waals surface area contributed by atoms with Gasteiger partial charge in [-0.3, -0.25) is 4.79 Å². The minimum Gasteiger partial charge on any atom is -0.329 e. The van der Waals surface area contributed by atoms with E-state index in [9.17, 15) is 4.79 Å². The van der Waals surface area contributed by atoms with Crippen molar-refractivity contribution in [3.8, 4) is 0 Å². The summed E-state index contributed by atoms with van der Waals surface area (Å²) in [6.07, 6.45) is 6.82. The Balaban J connectivity index is 0.00000172. The Morgan fingerprint density at radius 1 is 1.30 bits per heavy atom. The maximum absolute atomic E-state index is 11.2. The highest BCUT2D eigenvalue weighted by Crippen LogP contribution is 2.33. The Labute approximate surface area is 125 Å². The van der Waals surface area contributed by atoms with E-state index in [0.717, 1.165) is 32.2 Å². The fraction of sp³-hybridized carbons (Fsp3) is 0.688. The third kappa shape index (κ3) is 5.54. The van der Waals surface area contributed by atoms with E-state index in [1.165, 1.54) is 5.56 Å². The number of aromatic amines is 1. The van der Waals surface area contributed by atoms with Crippen LogP contribution in [0.1, 0.15) is 52.0 Å². The molecule has 0 saturated heterocycles. The van der Waals surface area contributed by atoms with Gasteiger partial charge in [0.05, 0.1) is 7.85 Å². The highest BCUT2D eigenvalue weighted by atomic mass is 16.1. The summed E-state index contributed by atoms with van der Waals surface area (Å²) in [4.78, 5) is 14.0. The lowest BCUT2D eigenvalue weighted by atomic mass is 9.72. The molecule has 1 rings (SSSR count). The molecule has 0 amide bonds. The smallest absolute Gasteiger partial charge is 0.247 e. The molecule has 1 atom stereocenters. The molecule has 0 aliphatic heterocycles. The second kappa shape index (κ2) is 10.7. The molecule has 0 fully saturated rings.